The Hall–Kier alpha value is -1.00. The Balaban J connectivity index is 1.91. The fourth-order valence-corrected chi connectivity index (χ4v) is 3.73. The van der Waals surface area contributed by atoms with E-state index in [1.165, 1.54) is 32.1 Å². The molecule has 0 aromatic heterocycles. The Morgan fingerprint density at radius 3 is 2.55 bits per heavy atom. The molecule has 1 aliphatic rings. The van der Waals surface area contributed by atoms with Crippen LogP contribution in [-0.4, -0.2) is 23.5 Å². The summed E-state index contributed by atoms with van der Waals surface area (Å²) in [4.78, 5) is 12.2. The van der Waals surface area contributed by atoms with Gasteiger partial charge in [0.25, 0.3) is 0 Å². The fourth-order valence-electron chi connectivity index (χ4n) is 2.82. The average molecular weight is 292 g/mol. The van der Waals surface area contributed by atoms with Gasteiger partial charge in [-0.1, -0.05) is 49.6 Å². The summed E-state index contributed by atoms with van der Waals surface area (Å²) in [5.74, 6) is -0.0739. The maximum absolute atomic E-state index is 12.2. The van der Waals surface area contributed by atoms with Gasteiger partial charge in [0.15, 0.2) is 0 Å². The molecule has 0 spiro atoms. The van der Waals surface area contributed by atoms with Crippen LogP contribution < -0.4 is 11.1 Å². The summed E-state index contributed by atoms with van der Waals surface area (Å²) >= 11 is 1.89. The smallest absolute Gasteiger partial charge is 0.241 e. The quantitative estimate of drug-likeness (QED) is 0.877. The van der Waals surface area contributed by atoms with Crippen LogP contribution in [0.2, 0.25) is 0 Å². The molecule has 20 heavy (non-hydrogen) atoms. The van der Waals surface area contributed by atoms with Crippen molar-refractivity contribution >= 4 is 17.7 Å². The minimum atomic E-state index is -0.571. The van der Waals surface area contributed by atoms with Crippen molar-refractivity contribution in [2.24, 2.45) is 5.73 Å². The van der Waals surface area contributed by atoms with Crippen molar-refractivity contribution in [1.29, 1.82) is 0 Å². The van der Waals surface area contributed by atoms with E-state index in [0.29, 0.717) is 0 Å². The van der Waals surface area contributed by atoms with Gasteiger partial charge in [-0.2, -0.15) is 11.8 Å². The highest BCUT2D eigenvalue weighted by molar-refractivity contribution is 8.00. The topological polar surface area (TPSA) is 55.1 Å². The normalized spacial score (nSPS) is 19.3. The highest BCUT2D eigenvalue weighted by atomic mass is 32.2. The van der Waals surface area contributed by atoms with E-state index in [2.05, 4.69) is 11.6 Å². The van der Waals surface area contributed by atoms with E-state index in [1.807, 2.05) is 42.1 Å². The summed E-state index contributed by atoms with van der Waals surface area (Å²) in [6.07, 6.45) is 8.38. The fraction of sp³-hybridized carbons (Fsp3) is 0.562. The van der Waals surface area contributed by atoms with Gasteiger partial charge in [0.1, 0.15) is 6.04 Å². The number of hydrogen-bond acceptors (Lipinski definition) is 3. The lowest BCUT2D eigenvalue weighted by molar-refractivity contribution is -0.122. The molecule has 1 amide bonds. The van der Waals surface area contributed by atoms with Crippen LogP contribution in [0.5, 0.6) is 0 Å². The van der Waals surface area contributed by atoms with E-state index in [0.717, 1.165) is 12.1 Å². The number of carbonyl (C=O) groups excluding carboxylic acids is 1. The Morgan fingerprint density at radius 2 is 1.95 bits per heavy atom. The molecular formula is C16H24N2OS. The van der Waals surface area contributed by atoms with Gasteiger partial charge in [0.05, 0.1) is 0 Å². The summed E-state index contributed by atoms with van der Waals surface area (Å²) in [7, 11) is 0. The van der Waals surface area contributed by atoms with Gasteiger partial charge >= 0.3 is 0 Å². The number of nitrogens with one attached hydrogen (secondary N) is 1. The predicted octanol–water partition coefficient (Wildman–Crippen LogP) is 2.87. The SMILES string of the molecule is CSC1(CNC(=O)C(N)c2ccccc2)CCCCC1. The third kappa shape index (κ3) is 3.76. The van der Waals surface area contributed by atoms with Crippen molar-refractivity contribution in [2.75, 3.05) is 12.8 Å². The molecule has 1 aliphatic carbocycles. The van der Waals surface area contributed by atoms with Gasteiger partial charge in [-0.15, -0.1) is 0 Å². The first-order chi connectivity index (χ1) is 9.67. The summed E-state index contributed by atoms with van der Waals surface area (Å²) in [6.45, 7) is 0.730. The molecule has 1 unspecified atom stereocenters. The molecule has 1 aromatic carbocycles. The highest BCUT2D eigenvalue weighted by Gasteiger charge is 2.32. The van der Waals surface area contributed by atoms with E-state index in [4.69, 9.17) is 5.73 Å². The van der Waals surface area contributed by atoms with Crippen LogP contribution in [0.4, 0.5) is 0 Å². The zero-order valence-corrected chi connectivity index (χ0v) is 12.9. The van der Waals surface area contributed by atoms with E-state index in [-0.39, 0.29) is 10.7 Å². The summed E-state index contributed by atoms with van der Waals surface area (Å²) < 4.78 is 0.213. The molecule has 0 aliphatic heterocycles. The van der Waals surface area contributed by atoms with Crippen LogP contribution in [0.25, 0.3) is 0 Å². The molecule has 110 valence electrons. The molecule has 0 radical (unpaired) electrons. The minimum absolute atomic E-state index is 0.0739. The molecule has 0 saturated heterocycles. The Labute approximate surface area is 125 Å². The van der Waals surface area contributed by atoms with Crippen LogP contribution in [0.1, 0.15) is 43.7 Å². The second-order valence-corrected chi connectivity index (χ2v) is 6.83. The number of rotatable bonds is 5. The van der Waals surface area contributed by atoms with Crippen LogP contribution in [0, 0.1) is 0 Å². The first kappa shape index (κ1) is 15.4. The number of benzene rings is 1. The summed E-state index contributed by atoms with van der Waals surface area (Å²) in [5, 5.41) is 3.06. The first-order valence-electron chi connectivity index (χ1n) is 7.30. The lowest BCUT2D eigenvalue weighted by Gasteiger charge is -2.36. The van der Waals surface area contributed by atoms with Crippen LogP contribution in [0.15, 0.2) is 30.3 Å². The van der Waals surface area contributed by atoms with E-state index in [1.54, 1.807) is 0 Å². The molecular weight excluding hydrogens is 268 g/mol. The number of carbonyl (C=O) groups is 1. The van der Waals surface area contributed by atoms with Gasteiger partial charge in [0, 0.05) is 11.3 Å². The monoisotopic (exact) mass is 292 g/mol. The van der Waals surface area contributed by atoms with Crippen LogP contribution >= 0.6 is 11.8 Å². The predicted molar refractivity (Wildman–Crippen MR) is 85.7 cm³/mol. The maximum atomic E-state index is 12.2. The van der Waals surface area contributed by atoms with Gasteiger partial charge in [-0.25, -0.2) is 0 Å². The molecule has 1 atom stereocenters. The Kier molecular flexibility index (Phi) is 5.49. The van der Waals surface area contributed by atoms with Crippen molar-refractivity contribution in [1.82, 2.24) is 5.32 Å². The van der Waals surface area contributed by atoms with Gasteiger partial charge in [0.2, 0.25) is 5.91 Å². The minimum Gasteiger partial charge on any atom is -0.353 e. The molecule has 4 heteroatoms. The van der Waals surface area contributed by atoms with Crippen molar-refractivity contribution in [3.8, 4) is 0 Å². The summed E-state index contributed by atoms with van der Waals surface area (Å²) in [5.41, 5.74) is 6.89. The molecule has 0 heterocycles. The Morgan fingerprint density at radius 1 is 1.30 bits per heavy atom. The number of nitrogens with two attached hydrogens (primary N) is 1. The second kappa shape index (κ2) is 7.14. The van der Waals surface area contributed by atoms with Crippen molar-refractivity contribution in [3.05, 3.63) is 35.9 Å². The third-order valence-electron chi connectivity index (χ3n) is 4.22. The maximum Gasteiger partial charge on any atom is 0.241 e. The van der Waals surface area contributed by atoms with E-state index >= 15 is 0 Å². The first-order valence-corrected chi connectivity index (χ1v) is 8.53. The third-order valence-corrected chi connectivity index (χ3v) is 5.64. The Bertz CT molecular complexity index is 429. The largest absolute Gasteiger partial charge is 0.353 e. The molecule has 0 bridgehead atoms. The van der Waals surface area contributed by atoms with Crippen molar-refractivity contribution < 1.29 is 4.79 Å². The van der Waals surface area contributed by atoms with Gasteiger partial charge < -0.3 is 11.1 Å². The lowest BCUT2D eigenvalue weighted by atomic mass is 9.88. The zero-order valence-electron chi connectivity index (χ0n) is 12.1. The average Bonchev–Trinajstić information content (AvgIpc) is 2.53. The van der Waals surface area contributed by atoms with Crippen LogP contribution in [0.3, 0.4) is 0 Å². The molecule has 3 N–H and O–H groups in total. The summed E-state index contributed by atoms with van der Waals surface area (Å²) in [6, 6.07) is 8.97. The molecule has 2 rings (SSSR count). The lowest BCUT2D eigenvalue weighted by Crippen LogP contribution is -2.44. The van der Waals surface area contributed by atoms with E-state index < -0.39 is 6.04 Å². The van der Waals surface area contributed by atoms with Crippen molar-refractivity contribution in [3.63, 3.8) is 0 Å². The second-order valence-electron chi connectivity index (χ2n) is 5.55. The van der Waals surface area contributed by atoms with Gasteiger partial charge in [-0.3, -0.25) is 4.79 Å². The standard InChI is InChI=1S/C16H24N2OS/c1-20-16(10-6-3-7-11-16)12-18-15(19)14(17)13-8-4-2-5-9-13/h2,4-5,8-9,14H,3,6-7,10-12,17H2,1H3,(H,18,19). The molecule has 3 nitrogen and oxygen atoms in total. The molecule has 1 fully saturated rings. The molecule has 1 saturated carbocycles. The van der Waals surface area contributed by atoms with Gasteiger partial charge in [-0.05, 0) is 24.7 Å². The van der Waals surface area contributed by atoms with Crippen LogP contribution in [-0.2, 0) is 4.79 Å². The molecule has 1 aromatic rings. The zero-order chi connectivity index (χ0) is 14.4. The number of amides is 1. The number of thioether (sulfide) groups is 1. The van der Waals surface area contributed by atoms with E-state index in [9.17, 15) is 4.79 Å². The number of hydrogen-bond donors (Lipinski definition) is 2. The van der Waals surface area contributed by atoms with Crippen molar-refractivity contribution in [2.45, 2.75) is 42.9 Å². The highest BCUT2D eigenvalue weighted by Crippen LogP contribution is 2.38.